The zero-order valence-corrected chi connectivity index (χ0v) is 12.6. The molecule has 1 heterocycles. The van der Waals surface area contributed by atoms with E-state index >= 15 is 0 Å². The van der Waals surface area contributed by atoms with Gasteiger partial charge in [0.15, 0.2) is 0 Å². The predicted molar refractivity (Wildman–Crippen MR) is 78.5 cm³/mol. The number of aliphatic hydroxyl groups is 1. The summed E-state index contributed by atoms with van der Waals surface area (Å²) in [5.74, 6) is -0.267. The topological polar surface area (TPSA) is 83.7 Å². The summed E-state index contributed by atoms with van der Waals surface area (Å²) in [6.07, 6.45) is 1.55. The maximum Gasteiger partial charge on any atom is 0.287 e. The highest BCUT2D eigenvalue weighted by atomic mass is 35.5. The molecule has 114 valence electrons. The molecule has 1 saturated heterocycles. The van der Waals surface area contributed by atoms with E-state index < -0.39 is 10.5 Å². The Kier molecular flexibility index (Phi) is 4.20. The molecule has 0 spiro atoms. The Morgan fingerprint density at radius 3 is 2.71 bits per heavy atom. The highest BCUT2D eigenvalue weighted by Gasteiger charge is 2.38. The number of nitro benzene ring substituents is 1. The summed E-state index contributed by atoms with van der Waals surface area (Å²) >= 11 is 5.84. The van der Waals surface area contributed by atoms with Gasteiger partial charge >= 0.3 is 0 Å². The summed E-state index contributed by atoms with van der Waals surface area (Å²) in [5.41, 5.74) is -0.924. The van der Waals surface area contributed by atoms with Crippen LogP contribution in [-0.2, 0) is 0 Å². The van der Waals surface area contributed by atoms with E-state index in [1.54, 1.807) is 18.7 Å². The molecule has 0 saturated carbocycles. The molecule has 0 bridgehead atoms. The lowest BCUT2D eigenvalue weighted by molar-refractivity contribution is -0.384. The molecule has 1 atom stereocenters. The minimum Gasteiger partial charge on any atom is -0.388 e. The van der Waals surface area contributed by atoms with Gasteiger partial charge in [0.1, 0.15) is 5.02 Å². The largest absolute Gasteiger partial charge is 0.388 e. The van der Waals surface area contributed by atoms with Gasteiger partial charge in [-0.1, -0.05) is 11.6 Å². The number of carbonyl (C=O) groups excluding carboxylic acids is 1. The Hall–Kier alpha value is -1.66. The van der Waals surface area contributed by atoms with Crippen molar-refractivity contribution in [1.82, 2.24) is 4.90 Å². The van der Waals surface area contributed by atoms with E-state index in [1.165, 1.54) is 18.2 Å². The molecule has 0 aromatic heterocycles. The van der Waals surface area contributed by atoms with Crippen molar-refractivity contribution < 1.29 is 14.8 Å². The minimum atomic E-state index is -0.989. The van der Waals surface area contributed by atoms with Gasteiger partial charge in [-0.15, -0.1) is 0 Å². The van der Waals surface area contributed by atoms with Crippen molar-refractivity contribution in [2.75, 3.05) is 6.54 Å². The second kappa shape index (κ2) is 5.61. The van der Waals surface area contributed by atoms with Gasteiger partial charge in [-0.05, 0) is 38.8 Å². The number of amides is 1. The van der Waals surface area contributed by atoms with Gasteiger partial charge in [-0.2, -0.15) is 0 Å². The fourth-order valence-corrected chi connectivity index (χ4v) is 2.95. The van der Waals surface area contributed by atoms with Gasteiger partial charge in [0, 0.05) is 18.2 Å². The highest BCUT2D eigenvalue weighted by Crippen LogP contribution is 2.30. The summed E-state index contributed by atoms with van der Waals surface area (Å²) in [6.45, 7) is 3.90. The molecule has 1 aromatic rings. The van der Waals surface area contributed by atoms with Crippen molar-refractivity contribution in [2.24, 2.45) is 0 Å². The Balaban J connectivity index is 2.28. The Morgan fingerprint density at radius 2 is 2.19 bits per heavy atom. The van der Waals surface area contributed by atoms with E-state index in [4.69, 9.17) is 11.6 Å². The van der Waals surface area contributed by atoms with Crippen LogP contribution in [0.5, 0.6) is 0 Å². The van der Waals surface area contributed by atoms with Crippen molar-refractivity contribution in [2.45, 2.75) is 38.3 Å². The molecule has 1 fully saturated rings. The zero-order valence-electron chi connectivity index (χ0n) is 11.9. The van der Waals surface area contributed by atoms with Crippen molar-refractivity contribution >= 4 is 23.2 Å². The number of nitrogens with zero attached hydrogens (tertiary/aromatic N) is 2. The van der Waals surface area contributed by atoms with E-state index in [-0.39, 0.29) is 22.7 Å². The van der Waals surface area contributed by atoms with Gasteiger partial charge in [0.25, 0.3) is 11.6 Å². The quantitative estimate of drug-likeness (QED) is 0.687. The van der Waals surface area contributed by atoms with E-state index in [0.29, 0.717) is 12.1 Å². The fraction of sp³-hybridized carbons (Fsp3) is 0.500. The summed E-state index contributed by atoms with van der Waals surface area (Å²) < 4.78 is 0. The average molecular weight is 313 g/mol. The number of likely N-dealkylation sites (tertiary alicyclic amines) is 1. The van der Waals surface area contributed by atoms with Gasteiger partial charge in [-0.25, -0.2) is 0 Å². The van der Waals surface area contributed by atoms with Crippen LogP contribution in [0.2, 0.25) is 5.02 Å². The SMILES string of the molecule is CC(C)(O)[C@@H]1CCCN1C(=O)c1ccc([N+](=O)[O-])c(Cl)c1. The van der Waals surface area contributed by atoms with Crippen LogP contribution < -0.4 is 0 Å². The average Bonchev–Trinajstić information content (AvgIpc) is 2.86. The Bertz CT molecular complexity index is 583. The van der Waals surface area contributed by atoms with E-state index in [0.717, 1.165) is 12.8 Å². The first-order valence-corrected chi connectivity index (χ1v) is 7.07. The number of benzene rings is 1. The lowest BCUT2D eigenvalue weighted by atomic mass is 9.96. The van der Waals surface area contributed by atoms with Crippen molar-refractivity contribution in [1.29, 1.82) is 0 Å². The van der Waals surface area contributed by atoms with Gasteiger partial charge < -0.3 is 10.0 Å². The molecule has 7 heteroatoms. The molecule has 21 heavy (non-hydrogen) atoms. The zero-order chi connectivity index (χ0) is 15.8. The maximum absolute atomic E-state index is 12.5. The molecule has 1 aliphatic rings. The number of hydrogen-bond donors (Lipinski definition) is 1. The molecular weight excluding hydrogens is 296 g/mol. The summed E-state index contributed by atoms with van der Waals surface area (Å²) in [6, 6.07) is 3.66. The number of nitro groups is 1. The van der Waals surface area contributed by atoms with Crippen LogP contribution in [0.1, 0.15) is 37.0 Å². The first-order valence-electron chi connectivity index (χ1n) is 6.69. The summed E-state index contributed by atoms with van der Waals surface area (Å²) in [7, 11) is 0. The molecule has 6 nitrogen and oxygen atoms in total. The molecule has 0 unspecified atom stereocenters. The maximum atomic E-state index is 12.5. The summed E-state index contributed by atoms with van der Waals surface area (Å²) in [4.78, 5) is 24.3. The molecule has 1 N–H and O–H groups in total. The van der Waals surface area contributed by atoms with Crippen molar-refractivity contribution in [3.8, 4) is 0 Å². The molecule has 1 aromatic carbocycles. The Labute approximate surface area is 127 Å². The molecule has 1 amide bonds. The molecule has 0 radical (unpaired) electrons. The van der Waals surface area contributed by atoms with Crippen LogP contribution in [0.4, 0.5) is 5.69 Å². The minimum absolute atomic E-state index is 0.0649. The summed E-state index contributed by atoms with van der Waals surface area (Å²) in [5, 5.41) is 20.8. The third-order valence-electron chi connectivity index (χ3n) is 3.72. The van der Waals surface area contributed by atoms with Crippen molar-refractivity contribution in [3.05, 3.63) is 38.9 Å². The normalized spacial score (nSPS) is 18.9. The second-order valence-corrected chi connectivity index (χ2v) is 6.14. The predicted octanol–water partition coefficient (Wildman–Crippen LogP) is 2.62. The molecule has 0 aliphatic carbocycles. The highest BCUT2D eigenvalue weighted by molar-refractivity contribution is 6.33. The van der Waals surface area contributed by atoms with Crippen LogP contribution in [0, 0.1) is 10.1 Å². The van der Waals surface area contributed by atoms with Crippen LogP contribution in [0.15, 0.2) is 18.2 Å². The van der Waals surface area contributed by atoms with E-state index in [1.807, 2.05) is 0 Å². The van der Waals surface area contributed by atoms with Crippen LogP contribution in [0.3, 0.4) is 0 Å². The standard InChI is InChI=1S/C14H17ClN2O4/c1-14(2,19)12-4-3-7-16(12)13(18)9-5-6-11(17(20)21)10(15)8-9/h5-6,8,12,19H,3-4,7H2,1-2H3/t12-/m0/s1. The van der Waals surface area contributed by atoms with Crippen molar-refractivity contribution in [3.63, 3.8) is 0 Å². The van der Waals surface area contributed by atoms with Gasteiger partial charge in [-0.3, -0.25) is 14.9 Å². The molecule has 1 aliphatic heterocycles. The van der Waals surface area contributed by atoms with Gasteiger partial charge in [0.2, 0.25) is 0 Å². The van der Waals surface area contributed by atoms with E-state index in [2.05, 4.69) is 0 Å². The lowest BCUT2D eigenvalue weighted by Crippen LogP contribution is -2.48. The molecular formula is C14H17ClN2O4. The molecule has 2 rings (SSSR count). The lowest BCUT2D eigenvalue weighted by Gasteiger charge is -2.33. The smallest absolute Gasteiger partial charge is 0.287 e. The van der Waals surface area contributed by atoms with Crippen LogP contribution >= 0.6 is 11.6 Å². The van der Waals surface area contributed by atoms with Crippen LogP contribution in [0.25, 0.3) is 0 Å². The Morgan fingerprint density at radius 1 is 1.52 bits per heavy atom. The monoisotopic (exact) mass is 312 g/mol. The third kappa shape index (κ3) is 3.16. The number of rotatable bonds is 3. The van der Waals surface area contributed by atoms with E-state index in [9.17, 15) is 20.0 Å². The second-order valence-electron chi connectivity index (χ2n) is 5.73. The van der Waals surface area contributed by atoms with Gasteiger partial charge in [0.05, 0.1) is 16.6 Å². The number of halogens is 1. The number of carbonyl (C=O) groups is 1. The first-order chi connectivity index (χ1) is 9.71. The van der Waals surface area contributed by atoms with Crippen LogP contribution in [-0.4, -0.2) is 39.0 Å². The first kappa shape index (κ1) is 15.7. The number of hydrogen-bond acceptors (Lipinski definition) is 4. The fourth-order valence-electron chi connectivity index (χ4n) is 2.70. The third-order valence-corrected chi connectivity index (χ3v) is 4.02.